The molecule has 2 aliphatic rings. The molecule has 2 aromatic rings. The van der Waals surface area contributed by atoms with E-state index in [0.717, 1.165) is 21.5 Å². The van der Waals surface area contributed by atoms with Crippen LogP contribution < -0.4 is 10.2 Å². The number of hydrogen-bond acceptors (Lipinski definition) is 8. The van der Waals surface area contributed by atoms with Crippen molar-refractivity contribution in [3.05, 3.63) is 10.9 Å². The van der Waals surface area contributed by atoms with Crippen molar-refractivity contribution in [2.45, 2.75) is 32.4 Å². The SMILES string of the molecule is CCc1cc2c(N3CCN(C(=O)CC(F)(F)F)CC3)nc(NCC3COC(=O)C3)nc2s1. The highest BCUT2D eigenvalue weighted by Gasteiger charge is 2.35. The Bertz CT molecular complexity index is 1000. The lowest BCUT2D eigenvalue weighted by Gasteiger charge is -2.36. The van der Waals surface area contributed by atoms with E-state index in [0.29, 0.717) is 44.4 Å². The lowest BCUT2D eigenvalue weighted by Crippen LogP contribution is -2.49. The summed E-state index contributed by atoms with van der Waals surface area (Å²) in [7, 11) is 0. The monoisotopic (exact) mass is 471 g/mol. The van der Waals surface area contributed by atoms with Gasteiger partial charge in [-0.3, -0.25) is 9.59 Å². The summed E-state index contributed by atoms with van der Waals surface area (Å²) >= 11 is 1.57. The van der Waals surface area contributed by atoms with E-state index < -0.39 is 18.5 Å². The Morgan fingerprint density at radius 3 is 2.66 bits per heavy atom. The first kappa shape index (κ1) is 22.6. The number of nitrogens with zero attached hydrogens (tertiary/aromatic N) is 4. The Morgan fingerprint density at radius 2 is 2.03 bits per heavy atom. The molecule has 4 rings (SSSR count). The summed E-state index contributed by atoms with van der Waals surface area (Å²) in [4.78, 5) is 37.7. The average molecular weight is 472 g/mol. The van der Waals surface area contributed by atoms with Crippen LogP contribution >= 0.6 is 11.3 Å². The Labute approximate surface area is 186 Å². The lowest BCUT2D eigenvalue weighted by molar-refractivity contribution is -0.161. The van der Waals surface area contributed by atoms with Gasteiger partial charge in [0.05, 0.1) is 18.4 Å². The number of aryl methyl sites for hydroxylation is 1. The first-order valence-electron chi connectivity index (χ1n) is 10.5. The van der Waals surface area contributed by atoms with Gasteiger partial charge in [0.25, 0.3) is 0 Å². The van der Waals surface area contributed by atoms with Gasteiger partial charge in [-0.15, -0.1) is 11.3 Å². The van der Waals surface area contributed by atoms with Crippen LogP contribution in [0.5, 0.6) is 0 Å². The number of esters is 1. The van der Waals surface area contributed by atoms with E-state index in [1.54, 1.807) is 11.3 Å². The zero-order valence-electron chi connectivity index (χ0n) is 17.6. The molecule has 2 fully saturated rings. The molecule has 2 saturated heterocycles. The highest BCUT2D eigenvalue weighted by molar-refractivity contribution is 7.18. The minimum atomic E-state index is -4.50. The predicted molar refractivity (Wildman–Crippen MR) is 114 cm³/mol. The third-order valence-corrected chi connectivity index (χ3v) is 6.71. The molecule has 0 aliphatic carbocycles. The van der Waals surface area contributed by atoms with E-state index in [9.17, 15) is 22.8 Å². The summed E-state index contributed by atoms with van der Waals surface area (Å²) < 4.78 is 42.7. The molecule has 0 aromatic carbocycles. The fraction of sp³-hybridized carbons (Fsp3) is 0.600. The normalized spacial score (nSPS) is 19.5. The molecule has 0 spiro atoms. The molecule has 0 bridgehead atoms. The fourth-order valence-electron chi connectivity index (χ4n) is 3.83. The van der Waals surface area contributed by atoms with Crippen molar-refractivity contribution >= 4 is 45.2 Å². The Morgan fingerprint density at radius 1 is 1.28 bits per heavy atom. The van der Waals surface area contributed by atoms with E-state index in [2.05, 4.69) is 22.2 Å². The number of cyclic esters (lactones) is 1. The van der Waals surface area contributed by atoms with Gasteiger partial charge in [0, 0.05) is 43.5 Å². The number of halogens is 3. The van der Waals surface area contributed by atoms with Crippen LogP contribution in [-0.4, -0.2) is 72.3 Å². The summed E-state index contributed by atoms with van der Waals surface area (Å²) in [5.74, 6) is 0.0899. The maximum Gasteiger partial charge on any atom is 0.397 e. The molecule has 2 aliphatic heterocycles. The highest BCUT2D eigenvalue weighted by Crippen LogP contribution is 2.33. The minimum Gasteiger partial charge on any atom is -0.465 e. The number of thiophene rings is 1. The number of amides is 1. The fourth-order valence-corrected chi connectivity index (χ4v) is 4.79. The van der Waals surface area contributed by atoms with Crippen LogP contribution in [0.25, 0.3) is 10.2 Å². The van der Waals surface area contributed by atoms with Crippen LogP contribution in [0.3, 0.4) is 0 Å². The summed E-state index contributed by atoms with van der Waals surface area (Å²) in [5.41, 5.74) is 0. The van der Waals surface area contributed by atoms with Crippen molar-refractivity contribution in [3.8, 4) is 0 Å². The number of aromatic nitrogens is 2. The van der Waals surface area contributed by atoms with Crippen LogP contribution in [-0.2, 0) is 20.7 Å². The molecule has 2 aromatic heterocycles. The van der Waals surface area contributed by atoms with Crippen molar-refractivity contribution in [3.63, 3.8) is 0 Å². The smallest absolute Gasteiger partial charge is 0.397 e. The van der Waals surface area contributed by atoms with Gasteiger partial charge in [0.1, 0.15) is 17.1 Å². The van der Waals surface area contributed by atoms with Crippen molar-refractivity contribution in [2.75, 3.05) is 49.5 Å². The number of nitrogens with one attached hydrogen (secondary N) is 1. The zero-order chi connectivity index (χ0) is 22.9. The maximum absolute atomic E-state index is 12.6. The molecular weight excluding hydrogens is 447 g/mol. The Balaban J connectivity index is 1.50. The largest absolute Gasteiger partial charge is 0.465 e. The first-order valence-corrected chi connectivity index (χ1v) is 11.3. The van der Waals surface area contributed by atoms with E-state index in [4.69, 9.17) is 4.74 Å². The number of piperazine rings is 1. The van der Waals surface area contributed by atoms with Gasteiger partial charge >= 0.3 is 12.1 Å². The molecule has 8 nitrogen and oxygen atoms in total. The maximum atomic E-state index is 12.6. The molecule has 4 heterocycles. The number of alkyl halides is 3. The lowest BCUT2D eigenvalue weighted by atomic mass is 10.1. The van der Waals surface area contributed by atoms with Gasteiger partial charge in [0.15, 0.2) is 0 Å². The highest BCUT2D eigenvalue weighted by atomic mass is 32.1. The van der Waals surface area contributed by atoms with Gasteiger partial charge in [0.2, 0.25) is 11.9 Å². The van der Waals surface area contributed by atoms with Crippen molar-refractivity contribution in [1.82, 2.24) is 14.9 Å². The Kier molecular flexibility index (Phi) is 6.40. The number of fused-ring (bicyclic) bond motifs is 1. The number of hydrogen-bond donors (Lipinski definition) is 1. The molecule has 1 atom stereocenters. The van der Waals surface area contributed by atoms with E-state index in [-0.39, 0.29) is 25.0 Å². The van der Waals surface area contributed by atoms with Crippen LogP contribution in [0, 0.1) is 5.92 Å². The van der Waals surface area contributed by atoms with Crippen LogP contribution in [0.15, 0.2) is 6.07 Å². The second-order valence-electron chi connectivity index (χ2n) is 7.95. The van der Waals surface area contributed by atoms with Crippen molar-refractivity contribution in [1.29, 1.82) is 0 Å². The van der Waals surface area contributed by atoms with E-state index in [1.807, 2.05) is 11.0 Å². The Hall–Kier alpha value is -2.63. The van der Waals surface area contributed by atoms with Crippen molar-refractivity contribution in [2.24, 2.45) is 5.92 Å². The number of ether oxygens (including phenoxy) is 1. The van der Waals surface area contributed by atoms with E-state index >= 15 is 0 Å². The molecular formula is C20H24F3N5O3S. The standard InChI is InChI=1S/C20H24F3N5O3S/c1-2-13-8-14-17(28-5-3-27(4-6-28)15(29)9-20(21,22)23)25-19(26-18(14)32-13)24-10-12-7-16(30)31-11-12/h8,12H,2-7,9-11H2,1H3,(H,24,25,26). The number of anilines is 2. The van der Waals surface area contributed by atoms with Gasteiger partial charge in [-0.2, -0.15) is 18.2 Å². The summed E-state index contributed by atoms with van der Waals surface area (Å²) in [6.45, 7) is 4.11. The quantitative estimate of drug-likeness (QED) is 0.649. The van der Waals surface area contributed by atoms with Gasteiger partial charge < -0.3 is 19.9 Å². The summed E-state index contributed by atoms with van der Waals surface area (Å²) in [5, 5.41) is 4.09. The topological polar surface area (TPSA) is 87.7 Å². The second-order valence-corrected chi connectivity index (χ2v) is 9.06. The third kappa shape index (κ3) is 5.22. The van der Waals surface area contributed by atoms with Crippen LogP contribution in [0.1, 0.15) is 24.6 Å². The number of carbonyl (C=O) groups excluding carboxylic acids is 2. The third-order valence-electron chi connectivity index (χ3n) is 5.54. The molecule has 174 valence electrons. The average Bonchev–Trinajstić information content (AvgIpc) is 3.36. The molecule has 1 amide bonds. The van der Waals surface area contributed by atoms with Crippen LogP contribution in [0.4, 0.5) is 24.9 Å². The van der Waals surface area contributed by atoms with Gasteiger partial charge in [-0.25, -0.2) is 4.98 Å². The van der Waals surface area contributed by atoms with Crippen LogP contribution in [0.2, 0.25) is 0 Å². The van der Waals surface area contributed by atoms with Crippen molar-refractivity contribution < 1.29 is 27.5 Å². The molecule has 1 N–H and O–H groups in total. The zero-order valence-corrected chi connectivity index (χ0v) is 18.4. The molecule has 1 unspecified atom stereocenters. The molecule has 32 heavy (non-hydrogen) atoms. The molecule has 12 heteroatoms. The van der Waals surface area contributed by atoms with E-state index in [1.165, 1.54) is 4.90 Å². The first-order chi connectivity index (χ1) is 15.2. The number of carbonyl (C=O) groups is 2. The summed E-state index contributed by atoms with van der Waals surface area (Å²) in [6, 6.07) is 2.05. The number of rotatable bonds is 6. The van der Waals surface area contributed by atoms with Gasteiger partial charge in [-0.05, 0) is 12.5 Å². The minimum absolute atomic E-state index is 0.0583. The van der Waals surface area contributed by atoms with Gasteiger partial charge in [-0.1, -0.05) is 6.92 Å². The molecule has 0 saturated carbocycles. The second kappa shape index (κ2) is 9.08. The summed E-state index contributed by atoms with van der Waals surface area (Å²) in [6.07, 6.45) is -4.73. The molecule has 0 radical (unpaired) electrons. The predicted octanol–water partition coefficient (Wildman–Crippen LogP) is 2.83.